The molecule has 0 radical (unpaired) electrons. The van der Waals surface area contributed by atoms with E-state index in [-0.39, 0.29) is 5.96 Å². The third kappa shape index (κ3) is 4.13. The van der Waals surface area contributed by atoms with Gasteiger partial charge < -0.3 is 16.4 Å². The summed E-state index contributed by atoms with van der Waals surface area (Å²) in [5.74, 6) is 1.06. The molecule has 20 heavy (non-hydrogen) atoms. The molecular weight excluding hydrogens is 274 g/mol. The largest absolute Gasteiger partial charge is 0.369 e. The van der Waals surface area contributed by atoms with Gasteiger partial charge in [0.1, 0.15) is 0 Å². The fourth-order valence-electron chi connectivity index (χ4n) is 2.18. The predicted molar refractivity (Wildman–Crippen MR) is 84.3 cm³/mol. The van der Waals surface area contributed by atoms with E-state index in [1.54, 1.807) is 0 Å². The lowest BCUT2D eigenvalue weighted by atomic mass is 10.1. The van der Waals surface area contributed by atoms with Gasteiger partial charge in [-0.05, 0) is 37.0 Å². The van der Waals surface area contributed by atoms with Crippen LogP contribution in [0.2, 0.25) is 0 Å². The van der Waals surface area contributed by atoms with Gasteiger partial charge in [0.25, 0.3) is 0 Å². The molecule has 1 aromatic rings. The summed E-state index contributed by atoms with van der Waals surface area (Å²) in [6, 6.07) is 7.57. The summed E-state index contributed by atoms with van der Waals surface area (Å²) in [6.07, 6.45) is 3.54. The average molecular weight is 294 g/mol. The first-order valence-corrected chi connectivity index (χ1v) is 7.30. The van der Waals surface area contributed by atoms with Crippen LogP contribution >= 0.6 is 11.6 Å². The minimum atomic E-state index is 0.166. The van der Waals surface area contributed by atoms with E-state index < -0.39 is 0 Å². The molecular formula is C14H20ClN5. The van der Waals surface area contributed by atoms with Crippen LogP contribution in [0.5, 0.6) is 0 Å². The molecule has 1 saturated heterocycles. The number of likely N-dealkylation sites (tertiary alicyclic amines) is 1. The number of nitrogens with zero attached hydrogens (tertiary/aromatic N) is 3. The second kappa shape index (κ2) is 7.14. The lowest BCUT2D eigenvalue weighted by Crippen LogP contribution is -2.41. The van der Waals surface area contributed by atoms with E-state index in [9.17, 15) is 0 Å². The van der Waals surface area contributed by atoms with Gasteiger partial charge in [-0.25, -0.2) is 4.99 Å². The SMILES string of the molecule is NC(=Nc1cccc(CCl)c1)N=C(N)N1CCCCC1. The number of nitrogens with two attached hydrogens (primary N) is 2. The number of hydrogen-bond donors (Lipinski definition) is 2. The maximum atomic E-state index is 5.95. The van der Waals surface area contributed by atoms with Crippen LogP contribution in [0.3, 0.4) is 0 Å². The van der Waals surface area contributed by atoms with Crippen LogP contribution in [-0.2, 0) is 5.88 Å². The van der Waals surface area contributed by atoms with Crippen LogP contribution in [0, 0.1) is 0 Å². The van der Waals surface area contributed by atoms with E-state index >= 15 is 0 Å². The Bertz CT molecular complexity index is 506. The van der Waals surface area contributed by atoms with Crippen molar-refractivity contribution in [2.45, 2.75) is 25.1 Å². The van der Waals surface area contributed by atoms with Gasteiger partial charge in [0.05, 0.1) is 5.69 Å². The molecule has 4 N–H and O–H groups in total. The van der Waals surface area contributed by atoms with Crippen LogP contribution in [0.1, 0.15) is 24.8 Å². The van der Waals surface area contributed by atoms with Crippen LogP contribution in [0.25, 0.3) is 0 Å². The molecule has 1 heterocycles. The molecule has 0 amide bonds. The first-order valence-electron chi connectivity index (χ1n) is 6.77. The van der Waals surface area contributed by atoms with Gasteiger partial charge >= 0.3 is 0 Å². The highest BCUT2D eigenvalue weighted by Crippen LogP contribution is 2.15. The first-order chi connectivity index (χ1) is 9.69. The van der Waals surface area contributed by atoms with E-state index in [0.29, 0.717) is 11.8 Å². The van der Waals surface area contributed by atoms with Crippen LogP contribution in [-0.4, -0.2) is 29.9 Å². The molecule has 0 unspecified atom stereocenters. The van der Waals surface area contributed by atoms with Gasteiger partial charge in [0.2, 0.25) is 5.96 Å². The molecule has 0 aromatic heterocycles. The first kappa shape index (κ1) is 14.7. The monoisotopic (exact) mass is 293 g/mol. The Morgan fingerprint density at radius 1 is 1.20 bits per heavy atom. The summed E-state index contributed by atoms with van der Waals surface area (Å²) < 4.78 is 0. The van der Waals surface area contributed by atoms with Crippen molar-refractivity contribution in [3.63, 3.8) is 0 Å². The summed E-state index contributed by atoms with van der Waals surface area (Å²) >= 11 is 5.79. The van der Waals surface area contributed by atoms with Crippen molar-refractivity contribution in [1.82, 2.24) is 4.90 Å². The van der Waals surface area contributed by atoms with Crippen molar-refractivity contribution in [2.75, 3.05) is 13.1 Å². The van der Waals surface area contributed by atoms with Gasteiger partial charge in [0.15, 0.2) is 5.96 Å². The molecule has 1 aliphatic heterocycles. The number of halogens is 1. The van der Waals surface area contributed by atoms with E-state index in [1.807, 2.05) is 29.2 Å². The second-order valence-corrected chi connectivity index (χ2v) is 5.06. The molecule has 5 nitrogen and oxygen atoms in total. The standard InChI is InChI=1S/C14H20ClN5/c15-10-11-5-4-6-12(9-11)18-13(16)19-14(17)20-7-2-1-3-8-20/h4-6,9H,1-3,7-8,10H2,(H4,16,17,18,19). The zero-order chi connectivity index (χ0) is 14.4. The van der Waals surface area contributed by atoms with E-state index in [2.05, 4.69) is 9.98 Å². The lowest BCUT2D eigenvalue weighted by Gasteiger charge is -2.27. The highest BCUT2D eigenvalue weighted by molar-refractivity contribution is 6.17. The van der Waals surface area contributed by atoms with Crippen molar-refractivity contribution in [1.29, 1.82) is 0 Å². The zero-order valence-corrected chi connectivity index (χ0v) is 12.2. The minimum Gasteiger partial charge on any atom is -0.369 e. The van der Waals surface area contributed by atoms with Crippen LogP contribution in [0.4, 0.5) is 5.69 Å². The Morgan fingerprint density at radius 2 is 1.95 bits per heavy atom. The molecule has 0 spiro atoms. The molecule has 6 heteroatoms. The topological polar surface area (TPSA) is 80.0 Å². The molecule has 1 aromatic carbocycles. The maximum absolute atomic E-state index is 5.95. The van der Waals surface area contributed by atoms with Crippen molar-refractivity contribution in [3.8, 4) is 0 Å². The van der Waals surface area contributed by atoms with Gasteiger partial charge in [0, 0.05) is 19.0 Å². The Hall–Kier alpha value is -1.75. The summed E-state index contributed by atoms with van der Waals surface area (Å²) in [6.45, 7) is 1.87. The number of benzene rings is 1. The molecule has 0 bridgehead atoms. The summed E-state index contributed by atoms with van der Waals surface area (Å²) in [4.78, 5) is 10.5. The van der Waals surface area contributed by atoms with Crippen molar-refractivity contribution < 1.29 is 0 Å². The van der Waals surface area contributed by atoms with Crippen molar-refractivity contribution in [3.05, 3.63) is 29.8 Å². The highest BCUT2D eigenvalue weighted by Gasteiger charge is 2.12. The predicted octanol–water partition coefficient (Wildman–Crippen LogP) is 2.17. The molecule has 0 aliphatic carbocycles. The Kier molecular flexibility index (Phi) is 5.24. The summed E-state index contributed by atoms with van der Waals surface area (Å²) in [7, 11) is 0. The van der Waals surface area contributed by atoms with Crippen molar-refractivity contribution >= 4 is 29.2 Å². The minimum absolute atomic E-state index is 0.166. The number of piperidine rings is 1. The number of aliphatic imine (C=N–C) groups is 2. The van der Waals surface area contributed by atoms with Gasteiger partial charge in [-0.2, -0.15) is 4.99 Å². The molecule has 1 aliphatic rings. The van der Waals surface area contributed by atoms with E-state index in [4.69, 9.17) is 23.1 Å². The molecule has 1 fully saturated rings. The maximum Gasteiger partial charge on any atom is 0.223 e. The van der Waals surface area contributed by atoms with Crippen LogP contribution in [0.15, 0.2) is 34.3 Å². The van der Waals surface area contributed by atoms with Gasteiger partial charge in [-0.3, -0.25) is 0 Å². The summed E-state index contributed by atoms with van der Waals surface area (Å²) in [5.41, 5.74) is 13.5. The molecule has 0 saturated carbocycles. The Morgan fingerprint density at radius 3 is 2.65 bits per heavy atom. The number of hydrogen-bond acceptors (Lipinski definition) is 1. The quantitative estimate of drug-likeness (QED) is 0.498. The zero-order valence-electron chi connectivity index (χ0n) is 11.4. The third-order valence-electron chi connectivity index (χ3n) is 3.22. The van der Waals surface area contributed by atoms with Gasteiger partial charge in [-0.15, -0.1) is 11.6 Å². The molecule has 0 atom stereocenters. The molecule has 108 valence electrons. The second-order valence-electron chi connectivity index (χ2n) is 4.79. The number of guanidine groups is 2. The molecule has 2 rings (SSSR count). The highest BCUT2D eigenvalue weighted by atomic mass is 35.5. The Balaban J connectivity index is 2.08. The van der Waals surface area contributed by atoms with Crippen molar-refractivity contribution in [2.24, 2.45) is 21.5 Å². The number of alkyl halides is 1. The number of rotatable bonds is 2. The Labute approximate surface area is 124 Å². The lowest BCUT2D eigenvalue weighted by molar-refractivity contribution is 0.339. The third-order valence-corrected chi connectivity index (χ3v) is 3.53. The van der Waals surface area contributed by atoms with Gasteiger partial charge in [-0.1, -0.05) is 12.1 Å². The fourth-order valence-corrected chi connectivity index (χ4v) is 2.34. The average Bonchev–Trinajstić information content (AvgIpc) is 2.48. The van der Waals surface area contributed by atoms with Crippen LogP contribution < -0.4 is 11.5 Å². The summed E-state index contributed by atoms with van der Waals surface area (Å²) in [5, 5.41) is 0. The fraction of sp³-hybridized carbons (Fsp3) is 0.429. The van der Waals surface area contributed by atoms with E-state index in [0.717, 1.165) is 37.2 Å². The smallest absolute Gasteiger partial charge is 0.223 e. The normalized spacial score (nSPS) is 17.4. The van der Waals surface area contributed by atoms with E-state index in [1.165, 1.54) is 6.42 Å².